The van der Waals surface area contributed by atoms with Crippen LogP contribution in [0.4, 0.5) is 0 Å². The van der Waals surface area contributed by atoms with Gasteiger partial charge in [-0.2, -0.15) is 0 Å². The summed E-state index contributed by atoms with van der Waals surface area (Å²) in [5.41, 5.74) is 0.239. The van der Waals surface area contributed by atoms with E-state index in [1.807, 2.05) is 0 Å². The second kappa shape index (κ2) is 11.0. The van der Waals surface area contributed by atoms with Crippen molar-refractivity contribution in [3.05, 3.63) is 11.8 Å². The predicted octanol–water partition coefficient (Wildman–Crippen LogP) is -0.576. The summed E-state index contributed by atoms with van der Waals surface area (Å²) in [7, 11) is 1.41. The monoisotopic (exact) mass is 264 g/mol. The molecular weight excluding hydrogens is 244 g/mol. The zero-order valence-electron chi connectivity index (χ0n) is 10.6. The molecule has 0 saturated carbocycles. The first-order chi connectivity index (χ1) is 8.61. The second-order valence-corrected chi connectivity index (χ2v) is 3.31. The van der Waals surface area contributed by atoms with E-state index in [9.17, 15) is 9.90 Å². The molecule has 7 heteroatoms. The van der Waals surface area contributed by atoms with Crippen molar-refractivity contribution in [2.24, 2.45) is 0 Å². The van der Waals surface area contributed by atoms with Crippen molar-refractivity contribution in [1.29, 1.82) is 0 Å². The van der Waals surface area contributed by atoms with Gasteiger partial charge < -0.3 is 29.2 Å². The van der Waals surface area contributed by atoms with Gasteiger partial charge in [0, 0.05) is 0 Å². The van der Waals surface area contributed by atoms with Crippen LogP contribution in [0.15, 0.2) is 11.8 Å². The van der Waals surface area contributed by atoms with Crippen molar-refractivity contribution >= 4 is 5.97 Å². The highest BCUT2D eigenvalue weighted by atomic mass is 16.7. The van der Waals surface area contributed by atoms with E-state index in [4.69, 9.17) is 14.6 Å². The Kier molecular flexibility index (Phi) is 10.3. The van der Waals surface area contributed by atoms with E-state index in [0.29, 0.717) is 6.61 Å². The van der Waals surface area contributed by atoms with E-state index < -0.39 is 12.3 Å². The van der Waals surface area contributed by atoms with Crippen molar-refractivity contribution in [2.75, 3.05) is 40.1 Å². The van der Waals surface area contributed by atoms with Crippen molar-refractivity contribution in [3.63, 3.8) is 0 Å². The summed E-state index contributed by atoms with van der Waals surface area (Å²) >= 11 is 0. The third-order valence-corrected chi connectivity index (χ3v) is 1.73. The van der Waals surface area contributed by atoms with Crippen molar-refractivity contribution in [2.45, 2.75) is 13.2 Å². The normalized spacial score (nSPS) is 13.2. The molecule has 0 rings (SSSR count). The number of rotatable bonds is 10. The molecule has 1 atom stereocenters. The van der Waals surface area contributed by atoms with E-state index in [2.05, 4.69) is 9.47 Å². The molecule has 0 aliphatic rings. The van der Waals surface area contributed by atoms with Gasteiger partial charge in [0.25, 0.3) is 0 Å². The number of carbonyl (C=O) groups excluding carboxylic acids is 1. The number of hydrogen-bond acceptors (Lipinski definition) is 7. The Morgan fingerprint density at radius 2 is 1.94 bits per heavy atom. The molecule has 0 aromatic heterocycles. The zero-order chi connectivity index (χ0) is 13.8. The third kappa shape index (κ3) is 8.94. The average Bonchev–Trinajstić information content (AvgIpc) is 2.33. The summed E-state index contributed by atoms with van der Waals surface area (Å²) in [6.07, 6.45) is -0.117. The lowest BCUT2D eigenvalue weighted by Crippen LogP contribution is -2.24. The summed E-state index contributed by atoms with van der Waals surface area (Å²) in [6, 6.07) is 0. The van der Waals surface area contributed by atoms with Crippen LogP contribution in [-0.4, -0.2) is 62.6 Å². The number of methoxy groups -OCH3 is 1. The van der Waals surface area contributed by atoms with Gasteiger partial charge in [0.05, 0.1) is 45.4 Å². The fraction of sp³-hybridized carbons (Fsp3) is 0.727. The number of aliphatic hydroxyl groups excluding tert-OH is 2. The quantitative estimate of drug-likeness (QED) is 0.179. The van der Waals surface area contributed by atoms with Crippen LogP contribution in [0.3, 0.4) is 0 Å². The summed E-state index contributed by atoms with van der Waals surface area (Å²) in [5, 5.41) is 17.7. The van der Waals surface area contributed by atoms with Gasteiger partial charge >= 0.3 is 5.97 Å². The molecule has 0 fully saturated rings. The lowest BCUT2D eigenvalue weighted by atomic mass is 10.3. The molecule has 1 unspecified atom stereocenters. The molecule has 0 bridgehead atoms. The number of hydrogen-bond donors (Lipinski definition) is 2. The minimum Gasteiger partial charge on any atom is -0.504 e. The molecule has 0 amide bonds. The fourth-order valence-corrected chi connectivity index (χ4v) is 0.944. The van der Waals surface area contributed by atoms with Gasteiger partial charge in [-0.1, -0.05) is 0 Å². The van der Waals surface area contributed by atoms with E-state index in [0.717, 1.165) is 0 Å². The number of aliphatic hydroxyl groups is 2. The number of esters is 1. The maximum atomic E-state index is 11.3. The van der Waals surface area contributed by atoms with Crippen molar-refractivity contribution < 1.29 is 34.0 Å². The minimum absolute atomic E-state index is 0.0502. The highest BCUT2D eigenvalue weighted by molar-refractivity contribution is 5.87. The van der Waals surface area contributed by atoms with Gasteiger partial charge in [-0.05, 0) is 6.92 Å². The Bertz CT molecular complexity index is 252. The first kappa shape index (κ1) is 16.9. The number of ether oxygens (including phenoxy) is 4. The van der Waals surface area contributed by atoms with Crippen LogP contribution < -0.4 is 0 Å². The van der Waals surface area contributed by atoms with Gasteiger partial charge in [-0.15, -0.1) is 0 Å². The Morgan fingerprint density at radius 3 is 2.56 bits per heavy atom. The van der Waals surface area contributed by atoms with Gasteiger partial charge in [0.2, 0.25) is 6.29 Å². The maximum absolute atomic E-state index is 11.3. The SMILES string of the molecule is CO/C=C(\C)C(=O)OC(O)COCCOCCO. The average molecular weight is 264 g/mol. The molecule has 0 saturated heterocycles. The van der Waals surface area contributed by atoms with Gasteiger partial charge in [0.15, 0.2) is 0 Å². The highest BCUT2D eigenvalue weighted by Crippen LogP contribution is 2.00. The molecular formula is C11H20O7. The maximum Gasteiger partial charge on any atom is 0.339 e. The smallest absolute Gasteiger partial charge is 0.339 e. The highest BCUT2D eigenvalue weighted by Gasteiger charge is 2.13. The van der Waals surface area contributed by atoms with Gasteiger partial charge in [-0.25, -0.2) is 4.79 Å². The molecule has 0 aliphatic carbocycles. The Morgan fingerprint density at radius 1 is 1.28 bits per heavy atom. The second-order valence-electron chi connectivity index (χ2n) is 3.31. The molecule has 18 heavy (non-hydrogen) atoms. The molecule has 0 aromatic carbocycles. The molecule has 0 spiro atoms. The van der Waals surface area contributed by atoms with Crippen LogP contribution in [-0.2, 0) is 23.7 Å². The first-order valence-electron chi connectivity index (χ1n) is 5.46. The summed E-state index contributed by atoms with van der Waals surface area (Å²) in [5.74, 6) is -0.676. The predicted molar refractivity (Wildman–Crippen MR) is 61.6 cm³/mol. The van der Waals surface area contributed by atoms with Crippen LogP contribution >= 0.6 is 0 Å². The topological polar surface area (TPSA) is 94.5 Å². The van der Waals surface area contributed by atoms with E-state index in [1.54, 1.807) is 0 Å². The molecule has 0 radical (unpaired) electrons. The fourth-order valence-electron chi connectivity index (χ4n) is 0.944. The Labute approximate surface area is 106 Å². The molecule has 0 aromatic rings. The molecule has 106 valence electrons. The Hall–Kier alpha value is -1.15. The third-order valence-electron chi connectivity index (χ3n) is 1.73. The Balaban J connectivity index is 3.62. The van der Waals surface area contributed by atoms with Crippen LogP contribution in [0.25, 0.3) is 0 Å². The van der Waals surface area contributed by atoms with Crippen LogP contribution in [0.2, 0.25) is 0 Å². The molecule has 2 N–H and O–H groups in total. The van der Waals surface area contributed by atoms with E-state index in [-0.39, 0.29) is 32.0 Å². The molecule has 7 nitrogen and oxygen atoms in total. The minimum atomic E-state index is -1.34. The lowest BCUT2D eigenvalue weighted by molar-refractivity contribution is -0.173. The zero-order valence-corrected chi connectivity index (χ0v) is 10.6. The van der Waals surface area contributed by atoms with Gasteiger partial charge in [0.1, 0.15) is 6.61 Å². The van der Waals surface area contributed by atoms with Crippen LogP contribution in [0.5, 0.6) is 0 Å². The molecule has 0 heterocycles. The number of carbonyl (C=O) groups is 1. The van der Waals surface area contributed by atoms with Crippen molar-refractivity contribution in [1.82, 2.24) is 0 Å². The summed E-state index contributed by atoms with van der Waals surface area (Å²) in [4.78, 5) is 11.3. The molecule has 0 aliphatic heterocycles. The summed E-state index contributed by atoms with van der Waals surface area (Å²) < 4.78 is 19.2. The summed E-state index contributed by atoms with van der Waals surface area (Å²) in [6.45, 7) is 2.08. The standard InChI is InChI=1S/C11H20O7/c1-9(7-15-2)11(14)18-10(13)8-17-6-5-16-4-3-12/h7,10,12-13H,3-6,8H2,1-2H3/b9-7+. The van der Waals surface area contributed by atoms with E-state index in [1.165, 1.54) is 20.3 Å². The first-order valence-corrected chi connectivity index (χ1v) is 5.46. The lowest BCUT2D eigenvalue weighted by Gasteiger charge is -2.12. The van der Waals surface area contributed by atoms with E-state index >= 15 is 0 Å². The van der Waals surface area contributed by atoms with Gasteiger partial charge in [-0.3, -0.25) is 0 Å². The largest absolute Gasteiger partial charge is 0.504 e. The van der Waals surface area contributed by atoms with Crippen LogP contribution in [0, 0.1) is 0 Å². The van der Waals surface area contributed by atoms with Crippen LogP contribution in [0.1, 0.15) is 6.92 Å². The van der Waals surface area contributed by atoms with Crippen molar-refractivity contribution in [3.8, 4) is 0 Å².